The molecular formula is C15H25N3O2. The fourth-order valence-corrected chi connectivity index (χ4v) is 2.83. The zero-order valence-electron chi connectivity index (χ0n) is 12.3. The van der Waals surface area contributed by atoms with Gasteiger partial charge in [-0.25, -0.2) is 0 Å². The van der Waals surface area contributed by atoms with Gasteiger partial charge in [-0.15, -0.1) is 0 Å². The van der Waals surface area contributed by atoms with E-state index in [0.717, 1.165) is 31.4 Å². The van der Waals surface area contributed by atoms with Crippen LogP contribution in [0.1, 0.15) is 37.5 Å². The van der Waals surface area contributed by atoms with E-state index in [9.17, 15) is 4.79 Å². The number of hydrogen-bond acceptors (Lipinski definition) is 4. The molecule has 1 amide bonds. The van der Waals surface area contributed by atoms with Crippen LogP contribution in [0.3, 0.4) is 0 Å². The van der Waals surface area contributed by atoms with E-state index in [1.54, 1.807) is 6.26 Å². The number of carbonyl (C=O) groups excluding carboxylic acids is 1. The van der Waals surface area contributed by atoms with E-state index in [-0.39, 0.29) is 23.9 Å². The summed E-state index contributed by atoms with van der Waals surface area (Å²) in [6.07, 6.45) is 5.50. The molecule has 0 aliphatic heterocycles. The van der Waals surface area contributed by atoms with E-state index in [2.05, 4.69) is 5.32 Å². The molecule has 1 fully saturated rings. The van der Waals surface area contributed by atoms with Gasteiger partial charge in [-0.3, -0.25) is 9.69 Å². The minimum atomic E-state index is 0.0613. The monoisotopic (exact) mass is 279 g/mol. The molecule has 1 aliphatic carbocycles. The Bertz CT molecular complexity index is 417. The Hall–Kier alpha value is -1.33. The largest absolute Gasteiger partial charge is 0.468 e. The van der Waals surface area contributed by atoms with Crippen LogP contribution in [-0.2, 0) is 4.79 Å². The molecule has 0 aromatic carbocycles. The lowest BCUT2D eigenvalue weighted by Crippen LogP contribution is -2.41. The summed E-state index contributed by atoms with van der Waals surface area (Å²) in [4.78, 5) is 14.3. The lowest BCUT2D eigenvalue weighted by molar-refractivity contribution is -0.126. The van der Waals surface area contributed by atoms with Crippen LogP contribution in [-0.4, -0.2) is 37.5 Å². The topological polar surface area (TPSA) is 71.5 Å². The van der Waals surface area contributed by atoms with E-state index in [0.29, 0.717) is 6.54 Å². The van der Waals surface area contributed by atoms with Gasteiger partial charge in [0.1, 0.15) is 5.76 Å². The first kappa shape index (κ1) is 15.1. The number of nitrogens with zero attached hydrogens (tertiary/aromatic N) is 1. The highest BCUT2D eigenvalue weighted by molar-refractivity contribution is 5.78. The van der Waals surface area contributed by atoms with Crippen molar-refractivity contribution in [1.29, 1.82) is 0 Å². The first-order chi connectivity index (χ1) is 9.58. The number of nitrogens with two attached hydrogens (primary N) is 1. The average molecular weight is 279 g/mol. The quantitative estimate of drug-likeness (QED) is 0.857. The molecule has 1 aromatic heterocycles. The van der Waals surface area contributed by atoms with Crippen molar-refractivity contribution in [2.45, 2.75) is 37.8 Å². The fourth-order valence-electron chi connectivity index (χ4n) is 2.83. The summed E-state index contributed by atoms with van der Waals surface area (Å²) in [6, 6.07) is 4.04. The number of amides is 1. The molecule has 3 unspecified atom stereocenters. The normalized spacial score (nSPS) is 24.6. The Morgan fingerprint density at radius 3 is 2.95 bits per heavy atom. The zero-order valence-corrected chi connectivity index (χ0v) is 12.3. The fraction of sp³-hybridized carbons (Fsp3) is 0.667. The van der Waals surface area contributed by atoms with Crippen LogP contribution in [0.2, 0.25) is 0 Å². The Morgan fingerprint density at radius 1 is 1.55 bits per heavy atom. The molecule has 0 radical (unpaired) electrons. The molecule has 0 spiro atoms. The maximum atomic E-state index is 12.2. The van der Waals surface area contributed by atoms with E-state index < -0.39 is 0 Å². The van der Waals surface area contributed by atoms with Gasteiger partial charge >= 0.3 is 0 Å². The molecule has 1 heterocycles. The van der Waals surface area contributed by atoms with Crippen LogP contribution in [0.25, 0.3) is 0 Å². The van der Waals surface area contributed by atoms with E-state index in [4.69, 9.17) is 10.2 Å². The third kappa shape index (κ3) is 3.84. The van der Waals surface area contributed by atoms with E-state index in [1.165, 1.54) is 0 Å². The second-order valence-corrected chi connectivity index (χ2v) is 5.86. The van der Waals surface area contributed by atoms with Gasteiger partial charge in [0.25, 0.3) is 0 Å². The van der Waals surface area contributed by atoms with Crippen molar-refractivity contribution in [3.05, 3.63) is 24.2 Å². The first-order valence-electron chi connectivity index (χ1n) is 7.31. The molecule has 1 aromatic rings. The highest BCUT2D eigenvalue weighted by atomic mass is 16.3. The van der Waals surface area contributed by atoms with Crippen molar-refractivity contribution in [3.63, 3.8) is 0 Å². The van der Waals surface area contributed by atoms with Gasteiger partial charge in [-0.1, -0.05) is 6.42 Å². The predicted octanol–water partition coefficient (Wildman–Crippen LogP) is 1.52. The number of rotatable bonds is 5. The Morgan fingerprint density at radius 2 is 2.35 bits per heavy atom. The third-order valence-electron chi connectivity index (χ3n) is 4.05. The molecule has 20 heavy (non-hydrogen) atoms. The molecule has 0 saturated heterocycles. The van der Waals surface area contributed by atoms with Crippen molar-refractivity contribution >= 4 is 5.91 Å². The van der Waals surface area contributed by atoms with Crippen LogP contribution < -0.4 is 11.1 Å². The highest BCUT2D eigenvalue weighted by Gasteiger charge is 2.26. The summed E-state index contributed by atoms with van der Waals surface area (Å²) < 4.78 is 5.44. The highest BCUT2D eigenvalue weighted by Crippen LogP contribution is 2.24. The number of carbonyl (C=O) groups is 1. The number of furan rings is 1. The molecule has 2 rings (SSSR count). The Labute approximate surface area is 120 Å². The number of nitrogens with one attached hydrogen (secondary N) is 1. The predicted molar refractivity (Wildman–Crippen MR) is 78.1 cm³/mol. The van der Waals surface area contributed by atoms with Gasteiger partial charge in [0.2, 0.25) is 5.91 Å². The van der Waals surface area contributed by atoms with Crippen LogP contribution >= 0.6 is 0 Å². The van der Waals surface area contributed by atoms with Gasteiger partial charge in [-0.05, 0) is 45.5 Å². The molecule has 5 heteroatoms. The minimum Gasteiger partial charge on any atom is -0.468 e. The van der Waals surface area contributed by atoms with Crippen molar-refractivity contribution in [3.8, 4) is 0 Å². The van der Waals surface area contributed by atoms with Gasteiger partial charge < -0.3 is 15.5 Å². The average Bonchev–Trinajstić information content (AvgIpc) is 2.92. The SMILES string of the molecule is CN(C)C(CNC(=O)C1CCCC(N)C1)c1ccco1. The number of likely N-dealkylation sites (N-methyl/N-ethyl adjacent to an activating group) is 1. The second-order valence-electron chi connectivity index (χ2n) is 5.86. The Balaban J connectivity index is 1.87. The molecule has 3 N–H and O–H groups in total. The van der Waals surface area contributed by atoms with Crippen molar-refractivity contribution in [2.75, 3.05) is 20.6 Å². The van der Waals surface area contributed by atoms with Crippen LogP contribution in [0.5, 0.6) is 0 Å². The second kappa shape index (κ2) is 6.90. The van der Waals surface area contributed by atoms with E-state index in [1.807, 2.05) is 31.1 Å². The lowest BCUT2D eigenvalue weighted by atomic mass is 9.85. The van der Waals surface area contributed by atoms with E-state index >= 15 is 0 Å². The van der Waals surface area contributed by atoms with Crippen molar-refractivity contribution < 1.29 is 9.21 Å². The van der Waals surface area contributed by atoms with Crippen LogP contribution in [0, 0.1) is 5.92 Å². The summed E-state index contributed by atoms with van der Waals surface area (Å²) >= 11 is 0. The van der Waals surface area contributed by atoms with Gasteiger partial charge in [0.15, 0.2) is 0 Å². The minimum absolute atomic E-state index is 0.0613. The Kier molecular flexibility index (Phi) is 5.20. The maximum Gasteiger partial charge on any atom is 0.223 e. The van der Waals surface area contributed by atoms with Gasteiger partial charge in [0.05, 0.1) is 12.3 Å². The molecule has 1 saturated carbocycles. The summed E-state index contributed by atoms with van der Waals surface area (Å²) in [5.41, 5.74) is 5.94. The summed E-state index contributed by atoms with van der Waals surface area (Å²) in [7, 11) is 3.96. The maximum absolute atomic E-state index is 12.2. The smallest absolute Gasteiger partial charge is 0.223 e. The molecule has 5 nitrogen and oxygen atoms in total. The molecule has 0 bridgehead atoms. The van der Waals surface area contributed by atoms with Crippen LogP contribution in [0.15, 0.2) is 22.8 Å². The van der Waals surface area contributed by atoms with Gasteiger partial charge in [0, 0.05) is 18.5 Å². The first-order valence-corrected chi connectivity index (χ1v) is 7.31. The molecule has 112 valence electrons. The summed E-state index contributed by atoms with van der Waals surface area (Å²) in [5, 5.41) is 3.05. The molecule has 3 atom stereocenters. The summed E-state index contributed by atoms with van der Waals surface area (Å²) in [6.45, 7) is 0.561. The van der Waals surface area contributed by atoms with Crippen molar-refractivity contribution in [1.82, 2.24) is 10.2 Å². The summed E-state index contributed by atoms with van der Waals surface area (Å²) in [5.74, 6) is 1.06. The molecular weight excluding hydrogens is 254 g/mol. The standard InChI is InChI=1S/C15H25N3O2/c1-18(2)13(14-7-4-8-20-14)10-17-15(19)11-5-3-6-12(16)9-11/h4,7-8,11-13H,3,5-6,9-10,16H2,1-2H3,(H,17,19). The lowest BCUT2D eigenvalue weighted by Gasteiger charge is -2.27. The zero-order chi connectivity index (χ0) is 14.5. The third-order valence-corrected chi connectivity index (χ3v) is 4.05. The number of hydrogen-bond donors (Lipinski definition) is 2. The van der Waals surface area contributed by atoms with Crippen molar-refractivity contribution in [2.24, 2.45) is 11.7 Å². The van der Waals surface area contributed by atoms with Gasteiger partial charge in [-0.2, -0.15) is 0 Å². The van der Waals surface area contributed by atoms with Crippen LogP contribution in [0.4, 0.5) is 0 Å². The molecule has 1 aliphatic rings.